The maximum absolute atomic E-state index is 12.7. The van der Waals surface area contributed by atoms with E-state index in [4.69, 9.17) is 4.74 Å². The van der Waals surface area contributed by atoms with Crippen LogP contribution in [0.15, 0.2) is 89.2 Å². The number of nitrogens with zero attached hydrogens (tertiary/aromatic N) is 4. The first-order valence-corrected chi connectivity index (χ1v) is 23.2. The fraction of sp³-hybridized carbons (Fsp3) is 0.356. The van der Waals surface area contributed by atoms with Crippen molar-refractivity contribution in [2.75, 3.05) is 31.1 Å². The van der Waals surface area contributed by atoms with Crippen molar-refractivity contribution in [2.24, 2.45) is 0 Å². The smallest absolute Gasteiger partial charge is 0.210 e. The second-order valence-electron chi connectivity index (χ2n) is 15.7. The molecule has 58 heavy (non-hydrogen) atoms. The Morgan fingerprint density at radius 3 is 1.88 bits per heavy atom. The monoisotopic (exact) mass is 819 g/mol. The number of ether oxygens (including phenoxy) is 1. The van der Waals surface area contributed by atoms with E-state index in [1.165, 1.54) is 28.2 Å². The molecule has 7 heterocycles. The fourth-order valence-electron chi connectivity index (χ4n) is 9.60. The molecule has 10 rings (SSSR count). The summed E-state index contributed by atoms with van der Waals surface area (Å²) >= 11 is 0. The first kappa shape index (κ1) is 38.6. The highest BCUT2D eigenvalue weighted by molar-refractivity contribution is 7.86. The number of benzene rings is 3. The Labute approximate surface area is 339 Å². The Hall–Kier alpha value is -4.95. The van der Waals surface area contributed by atoms with Gasteiger partial charge in [0.05, 0.1) is 15.4 Å². The average molecular weight is 820 g/mol. The molecule has 300 valence electrons. The van der Waals surface area contributed by atoms with Crippen molar-refractivity contribution in [3.8, 4) is 22.6 Å². The van der Waals surface area contributed by atoms with Gasteiger partial charge in [-0.05, 0) is 93.3 Å². The van der Waals surface area contributed by atoms with Gasteiger partial charge < -0.3 is 18.7 Å². The Kier molecular flexibility index (Phi) is 9.98. The van der Waals surface area contributed by atoms with Crippen LogP contribution in [0.5, 0.6) is 11.5 Å². The van der Waals surface area contributed by atoms with Crippen molar-refractivity contribution < 1.29 is 39.8 Å². The highest BCUT2D eigenvalue weighted by Gasteiger charge is 2.36. The van der Waals surface area contributed by atoms with Gasteiger partial charge in [0.2, 0.25) is 5.36 Å². The molecule has 0 fully saturated rings. The molecule has 11 nitrogen and oxygen atoms in total. The SMILES string of the molecule is CC[n+]1ccc(-c2cc[n+](CC)cc2)cc1.O=S(=O)([O-])c1ccc(C2=c3cc4c5c(c3Oc3c2cc2c6c3CCCN6CCC2)CCC[N+]=5CCC4)c(S(=O)(=O)[O-])c1. The van der Waals surface area contributed by atoms with Crippen LogP contribution < -0.4 is 33.9 Å². The molecule has 2 aromatic heterocycles. The quantitative estimate of drug-likeness (QED) is 0.183. The molecule has 0 amide bonds. The molecule has 0 bridgehead atoms. The van der Waals surface area contributed by atoms with Crippen LogP contribution in [0, 0.1) is 0 Å². The molecule has 13 heteroatoms. The minimum atomic E-state index is -5.16. The number of rotatable bonds is 6. The summed E-state index contributed by atoms with van der Waals surface area (Å²) in [6, 6.07) is 15.9. The maximum atomic E-state index is 12.7. The molecule has 0 atom stereocenters. The van der Waals surface area contributed by atoms with E-state index in [0.717, 1.165) is 125 Å². The zero-order valence-electron chi connectivity index (χ0n) is 32.9. The number of aromatic nitrogens is 2. The van der Waals surface area contributed by atoms with Crippen LogP contribution in [-0.2, 0) is 59.0 Å². The van der Waals surface area contributed by atoms with E-state index in [-0.39, 0.29) is 5.56 Å². The second-order valence-corrected chi connectivity index (χ2v) is 18.5. The first-order chi connectivity index (χ1) is 27.9. The molecule has 5 aromatic rings. The maximum Gasteiger partial charge on any atom is 0.210 e. The van der Waals surface area contributed by atoms with Crippen LogP contribution in [0.4, 0.5) is 5.69 Å². The topological polar surface area (TPSA) is 138 Å². The molecule has 5 aliphatic heterocycles. The van der Waals surface area contributed by atoms with Crippen molar-refractivity contribution >= 4 is 31.5 Å². The summed E-state index contributed by atoms with van der Waals surface area (Å²) in [5.41, 5.74) is 9.60. The number of hydrogen-bond acceptors (Lipinski definition) is 8. The van der Waals surface area contributed by atoms with E-state index in [1.807, 2.05) is 0 Å². The molecule has 0 spiro atoms. The van der Waals surface area contributed by atoms with E-state index in [1.54, 1.807) is 0 Å². The van der Waals surface area contributed by atoms with Gasteiger partial charge in [-0.15, -0.1) is 0 Å². The van der Waals surface area contributed by atoms with Gasteiger partial charge in [-0.1, -0.05) is 6.07 Å². The third-order valence-electron chi connectivity index (χ3n) is 12.3. The predicted molar refractivity (Wildman–Crippen MR) is 216 cm³/mol. The molecule has 3 aromatic carbocycles. The summed E-state index contributed by atoms with van der Waals surface area (Å²) in [5.74, 6) is 1.36. The van der Waals surface area contributed by atoms with Gasteiger partial charge in [0, 0.05) is 88.9 Å². The van der Waals surface area contributed by atoms with Crippen LogP contribution >= 0.6 is 0 Å². The summed E-state index contributed by atoms with van der Waals surface area (Å²) < 4.78 is 87.4. The fourth-order valence-corrected chi connectivity index (χ4v) is 10.9. The van der Waals surface area contributed by atoms with Gasteiger partial charge in [0.1, 0.15) is 57.9 Å². The molecule has 0 saturated heterocycles. The van der Waals surface area contributed by atoms with E-state index < -0.39 is 30.0 Å². The Balaban J connectivity index is 0.000000229. The molecular weight excluding hydrogens is 773 g/mol. The molecule has 0 N–H and O–H groups in total. The third kappa shape index (κ3) is 6.91. The number of anilines is 1. The minimum Gasteiger partial charge on any atom is -0.744 e. The van der Waals surface area contributed by atoms with Crippen LogP contribution in [-0.4, -0.2) is 52.1 Å². The van der Waals surface area contributed by atoms with Gasteiger partial charge in [0.15, 0.2) is 24.8 Å². The molecule has 0 unspecified atom stereocenters. The van der Waals surface area contributed by atoms with Gasteiger partial charge >= 0.3 is 0 Å². The zero-order chi connectivity index (χ0) is 40.3. The lowest BCUT2D eigenvalue weighted by Crippen LogP contribution is -2.45. The van der Waals surface area contributed by atoms with Gasteiger partial charge in [-0.25, -0.2) is 30.5 Å². The molecule has 0 aliphatic carbocycles. The number of aryl methyl sites for hydroxylation is 4. The summed E-state index contributed by atoms with van der Waals surface area (Å²) in [7, 11) is -10.2. The van der Waals surface area contributed by atoms with Crippen LogP contribution in [0.25, 0.3) is 16.7 Å². The van der Waals surface area contributed by atoms with E-state index in [2.05, 4.69) is 93.6 Å². The molecule has 0 radical (unpaired) electrons. The average Bonchev–Trinajstić information content (AvgIpc) is 3.23. The van der Waals surface area contributed by atoms with Crippen LogP contribution in [0.2, 0.25) is 0 Å². The summed E-state index contributed by atoms with van der Waals surface area (Å²) in [6.07, 6.45) is 15.8. The van der Waals surface area contributed by atoms with Crippen LogP contribution in [0.1, 0.15) is 72.9 Å². The molecule has 0 saturated carbocycles. The Morgan fingerprint density at radius 1 is 0.655 bits per heavy atom. The lowest BCUT2D eigenvalue weighted by Gasteiger charge is -2.39. The van der Waals surface area contributed by atoms with Gasteiger partial charge in [-0.2, -0.15) is 0 Å². The second kappa shape index (κ2) is 15.0. The molecular formula is C45H47N4O7S2+. The van der Waals surface area contributed by atoms with E-state index in [0.29, 0.717) is 27.9 Å². The minimum absolute atomic E-state index is 0.0921. The predicted octanol–water partition coefficient (Wildman–Crippen LogP) is 3.90. The van der Waals surface area contributed by atoms with E-state index in [9.17, 15) is 25.9 Å². The Bertz CT molecular complexity index is 2790. The van der Waals surface area contributed by atoms with Gasteiger partial charge in [-0.3, -0.25) is 0 Å². The van der Waals surface area contributed by atoms with E-state index >= 15 is 0 Å². The van der Waals surface area contributed by atoms with Gasteiger partial charge in [0.25, 0.3) is 0 Å². The van der Waals surface area contributed by atoms with Crippen molar-refractivity contribution in [2.45, 2.75) is 88.1 Å². The number of hydrogen-bond donors (Lipinski definition) is 0. The number of pyridine rings is 2. The van der Waals surface area contributed by atoms with Crippen LogP contribution in [0.3, 0.4) is 0 Å². The van der Waals surface area contributed by atoms with Crippen molar-refractivity contribution in [3.05, 3.63) is 123 Å². The van der Waals surface area contributed by atoms with Crippen molar-refractivity contribution in [3.63, 3.8) is 0 Å². The van der Waals surface area contributed by atoms with Crippen molar-refractivity contribution in [1.82, 2.24) is 4.58 Å². The normalized spacial score (nSPS) is 16.6. The largest absolute Gasteiger partial charge is 0.744 e. The highest BCUT2D eigenvalue weighted by atomic mass is 32.2. The molecule has 5 aliphatic rings. The summed E-state index contributed by atoms with van der Waals surface area (Å²) in [5, 5.41) is 1.91. The summed E-state index contributed by atoms with van der Waals surface area (Å²) in [4.78, 5) is 0.951. The Morgan fingerprint density at radius 2 is 1.26 bits per heavy atom. The lowest BCUT2D eigenvalue weighted by atomic mass is 9.82. The highest BCUT2D eigenvalue weighted by Crippen LogP contribution is 2.49. The number of fused-ring (bicyclic) bond motifs is 4. The summed E-state index contributed by atoms with van der Waals surface area (Å²) in [6.45, 7) is 10.2. The zero-order valence-corrected chi connectivity index (χ0v) is 34.5. The first-order valence-electron chi connectivity index (χ1n) is 20.4. The van der Waals surface area contributed by atoms with Crippen molar-refractivity contribution in [1.29, 1.82) is 0 Å². The third-order valence-corrected chi connectivity index (χ3v) is 14.0. The standard InChI is InChI=1S/C31H30N2O7S2.C14H18N2/c34-41(35,36)20-9-10-21(26(17-20)42(37,38)39)27-24-15-18-5-1-11-32-13-3-7-22(28(18)32)30(24)40-31-23-8-4-14-33-12-2-6-19(29(23)33)16-25(27)31;1-3-15-9-5-13(6-10-15)14-7-11-16(4-2)12-8-14/h9-10,15-17H,1-8,11-14H2,(H-,34,35,36,37,38,39);5-12H,3-4H2,1-2H3/q;+2/p-1. The lowest BCUT2D eigenvalue weighted by molar-refractivity contribution is -0.693.